The number of anilines is 2. The molecule has 2 aromatic carbocycles. The third kappa shape index (κ3) is 2.17. The summed E-state index contributed by atoms with van der Waals surface area (Å²) >= 11 is 0. The SMILES string of the molecule is Cc1cc(C)cc(N2C(=O)C3C4CCCN4C4(C(=O)Nc5ccc(F)cc54)C3C2=O)c1. The van der Waals surface area contributed by atoms with Crippen molar-refractivity contribution in [3.05, 3.63) is 58.9 Å². The number of imide groups is 1. The van der Waals surface area contributed by atoms with Gasteiger partial charge in [-0.05, 0) is 74.7 Å². The zero-order chi connectivity index (χ0) is 21.7. The molecule has 6 nitrogen and oxygen atoms in total. The molecule has 4 aliphatic rings. The smallest absolute Gasteiger partial charge is 0.250 e. The minimum atomic E-state index is -1.34. The molecule has 158 valence electrons. The number of carbonyl (C=O) groups excluding carboxylic acids is 3. The number of benzene rings is 2. The number of carbonyl (C=O) groups is 3. The number of aryl methyl sites for hydroxylation is 2. The van der Waals surface area contributed by atoms with Crippen molar-refractivity contribution in [2.24, 2.45) is 11.8 Å². The molecular formula is C24H22FN3O3. The second-order valence-electron chi connectivity index (χ2n) is 9.17. The number of fused-ring (bicyclic) bond motifs is 7. The highest BCUT2D eigenvalue weighted by Crippen LogP contribution is 2.60. The van der Waals surface area contributed by atoms with Crippen LogP contribution in [0, 0.1) is 31.5 Å². The molecule has 0 aliphatic carbocycles. The van der Waals surface area contributed by atoms with E-state index in [0.717, 1.165) is 24.0 Å². The monoisotopic (exact) mass is 419 g/mol. The number of hydrogen-bond donors (Lipinski definition) is 1. The molecule has 7 heteroatoms. The van der Waals surface area contributed by atoms with Gasteiger partial charge in [0, 0.05) is 17.3 Å². The van der Waals surface area contributed by atoms with E-state index in [2.05, 4.69) is 5.32 Å². The lowest BCUT2D eigenvalue weighted by molar-refractivity contribution is -0.135. The van der Waals surface area contributed by atoms with Crippen LogP contribution in [0.25, 0.3) is 0 Å². The quantitative estimate of drug-likeness (QED) is 0.722. The molecule has 6 rings (SSSR count). The van der Waals surface area contributed by atoms with Gasteiger partial charge in [0.15, 0.2) is 0 Å². The summed E-state index contributed by atoms with van der Waals surface area (Å²) < 4.78 is 14.3. The molecule has 2 aromatic rings. The summed E-state index contributed by atoms with van der Waals surface area (Å²) in [5, 5.41) is 2.86. The largest absolute Gasteiger partial charge is 0.324 e. The Balaban J connectivity index is 1.57. The summed E-state index contributed by atoms with van der Waals surface area (Å²) in [6.07, 6.45) is 1.57. The zero-order valence-electron chi connectivity index (χ0n) is 17.3. The molecule has 4 aliphatic heterocycles. The molecule has 4 heterocycles. The van der Waals surface area contributed by atoms with E-state index < -0.39 is 23.2 Å². The minimum Gasteiger partial charge on any atom is -0.324 e. The number of rotatable bonds is 1. The van der Waals surface area contributed by atoms with Gasteiger partial charge in [0.2, 0.25) is 17.7 Å². The van der Waals surface area contributed by atoms with Crippen LogP contribution in [0.5, 0.6) is 0 Å². The van der Waals surface area contributed by atoms with Crippen LogP contribution in [0.2, 0.25) is 0 Å². The lowest BCUT2D eigenvalue weighted by atomic mass is 9.75. The Hall–Kier alpha value is -3.06. The average molecular weight is 419 g/mol. The van der Waals surface area contributed by atoms with Gasteiger partial charge in [-0.2, -0.15) is 0 Å². The summed E-state index contributed by atoms with van der Waals surface area (Å²) in [5.74, 6) is -2.91. The first-order valence-corrected chi connectivity index (χ1v) is 10.7. The van der Waals surface area contributed by atoms with Crippen LogP contribution in [-0.2, 0) is 19.9 Å². The van der Waals surface area contributed by atoms with Crippen LogP contribution in [0.4, 0.5) is 15.8 Å². The van der Waals surface area contributed by atoms with Gasteiger partial charge >= 0.3 is 0 Å². The molecule has 1 N–H and O–H groups in total. The molecule has 3 amide bonds. The fraction of sp³-hybridized carbons (Fsp3) is 0.375. The van der Waals surface area contributed by atoms with Crippen LogP contribution in [0.15, 0.2) is 36.4 Å². The van der Waals surface area contributed by atoms with E-state index in [1.807, 2.05) is 36.9 Å². The van der Waals surface area contributed by atoms with E-state index in [9.17, 15) is 18.8 Å². The number of nitrogens with one attached hydrogen (secondary N) is 1. The number of nitrogens with zero attached hydrogens (tertiary/aromatic N) is 2. The number of hydrogen-bond acceptors (Lipinski definition) is 4. The first kappa shape index (κ1) is 18.7. The van der Waals surface area contributed by atoms with Crippen LogP contribution < -0.4 is 10.2 Å². The van der Waals surface area contributed by atoms with Crippen molar-refractivity contribution < 1.29 is 18.8 Å². The highest BCUT2D eigenvalue weighted by molar-refractivity contribution is 6.25. The van der Waals surface area contributed by atoms with Crippen molar-refractivity contribution in [1.82, 2.24) is 4.90 Å². The van der Waals surface area contributed by atoms with Crippen molar-refractivity contribution in [3.8, 4) is 0 Å². The molecule has 31 heavy (non-hydrogen) atoms. The van der Waals surface area contributed by atoms with E-state index in [0.29, 0.717) is 23.5 Å². The van der Waals surface area contributed by atoms with Gasteiger partial charge in [-0.25, -0.2) is 9.29 Å². The van der Waals surface area contributed by atoms with Crippen LogP contribution in [0.1, 0.15) is 29.5 Å². The maximum atomic E-state index is 14.3. The van der Waals surface area contributed by atoms with Crippen LogP contribution >= 0.6 is 0 Å². The maximum absolute atomic E-state index is 14.3. The third-order valence-corrected chi connectivity index (χ3v) is 7.42. The highest BCUT2D eigenvalue weighted by atomic mass is 19.1. The van der Waals surface area contributed by atoms with Gasteiger partial charge in [0.25, 0.3) is 0 Å². The van der Waals surface area contributed by atoms with Crippen molar-refractivity contribution in [1.29, 1.82) is 0 Å². The van der Waals surface area contributed by atoms with Gasteiger partial charge < -0.3 is 5.32 Å². The molecule has 4 unspecified atom stereocenters. The zero-order valence-corrected chi connectivity index (χ0v) is 17.3. The van der Waals surface area contributed by atoms with E-state index in [4.69, 9.17) is 0 Å². The first-order chi connectivity index (χ1) is 14.8. The summed E-state index contributed by atoms with van der Waals surface area (Å²) in [4.78, 5) is 44.3. The summed E-state index contributed by atoms with van der Waals surface area (Å²) in [5.41, 5.74) is 2.10. The molecule has 3 fully saturated rings. The Kier molecular flexibility index (Phi) is 3.62. The van der Waals surface area contributed by atoms with Gasteiger partial charge in [-0.1, -0.05) is 6.07 Å². The summed E-state index contributed by atoms with van der Waals surface area (Å²) in [7, 11) is 0. The van der Waals surface area contributed by atoms with Gasteiger partial charge in [-0.15, -0.1) is 0 Å². The lowest BCUT2D eigenvalue weighted by Gasteiger charge is -2.36. The van der Waals surface area contributed by atoms with E-state index in [1.54, 1.807) is 6.07 Å². The third-order valence-electron chi connectivity index (χ3n) is 7.42. The Labute approximate surface area is 179 Å². The average Bonchev–Trinajstić information content (AvgIpc) is 3.39. The second kappa shape index (κ2) is 6.01. The normalized spacial score (nSPS) is 31.4. The summed E-state index contributed by atoms with van der Waals surface area (Å²) in [6, 6.07) is 9.61. The van der Waals surface area contributed by atoms with E-state index >= 15 is 0 Å². The Bertz CT molecular complexity index is 1170. The predicted octanol–water partition coefficient (Wildman–Crippen LogP) is 2.87. The first-order valence-electron chi connectivity index (χ1n) is 10.7. The topological polar surface area (TPSA) is 69.7 Å². The fourth-order valence-electron chi connectivity index (χ4n) is 6.51. The molecule has 1 spiro atoms. The highest BCUT2D eigenvalue weighted by Gasteiger charge is 2.74. The van der Waals surface area contributed by atoms with Crippen LogP contribution in [-0.4, -0.2) is 35.2 Å². The Morgan fingerprint density at radius 2 is 1.77 bits per heavy atom. The van der Waals surface area contributed by atoms with Crippen molar-refractivity contribution in [3.63, 3.8) is 0 Å². The Morgan fingerprint density at radius 3 is 2.52 bits per heavy atom. The maximum Gasteiger partial charge on any atom is 0.250 e. The number of halogens is 1. The predicted molar refractivity (Wildman–Crippen MR) is 112 cm³/mol. The molecule has 0 aromatic heterocycles. The molecule has 0 radical (unpaired) electrons. The molecule has 0 saturated carbocycles. The van der Waals surface area contributed by atoms with E-state index in [1.165, 1.54) is 17.0 Å². The van der Waals surface area contributed by atoms with Gasteiger partial charge in [0.05, 0.1) is 17.5 Å². The number of amides is 3. The van der Waals surface area contributed by atoms with Crippen molar-refractivity contribution >= 4 is 29.1 Å². The Morgan fingerprint density at radius 1 is 1.03 bits per heavy atom. The van der Waals surface area contributed by atoms with Crippen molar-refractivity contribution in [2.45, 2.75) is 38.3 Å². The van der Waals surface area contributed by atoms with Gasteiger partial charge in [-0.3, -0.25) is 19.3 Å². The molecule has 0 bridgehead atoms. The standard InChI is InChI=1S/C24H22FN3O3/c1-12-8-13(2)10-15(9-12)28-21(29)19-18-4-3-7-27(18)24(20(19)22(28)30)16-11-14(25)5-6-17(16)26-23(24)31/h5-6,8-11,18-20H,3-4,7H2,1-2H3,(H,26,31). The molecule has 3 saturated heterocycles. The van der Waals surface area contributed by atoms with Crippen LogP contribution in [0.3, 0.4) is 0 Å². The fourth-order valence-corrected chi connectivity index (χ4v) is 6.51. The van der Waals surface area contributed by atoms with Crippen molar-refractivity contribution in [2.75, 3.05) is 16.8 Å². The van der Waals surface area contributed by atoms with E-state index in [-0.39, 0.29) is 23.8 Å². The lowest BCUT2D eigenvalue weighted by Crippen LogP contribution is -2.54. The molecule has 4 atom stereocenters. The molecular weight excluding hydrogens is 397 g/mol. The summed E-state index contributed by atoms with van der Waals surface area (Å²) in [6.45, 7) is 4.45. The van der Waals surface area contributed by atoms with Gasteiger partial charge in [0.1, 0.15) is 11.4 Å². The second-order valence-corrected chi connectivity index (χ2v) is 9.17. The minimum absolute atomic E-state index is 0.211.